The molecule has 0 radical (unpaired) electrons. The number of carbonyl (C=O) groups is 1. The number of hydrogen-bond donors (Lipinski definition) is 1. The molecular weight excluding hydrogens is 142 g/mol. The lowest BCUT2D eigenvalue weighted by atomic mass is 10.2. The van der Waals surface area contributed by atoms with Crippen molar-refractivity contribution in [1.29, 1.82) is 0 Å². The number of carbonyl (C=O) groups excluding carboxylic acids is 1. The summed E-state index contributed by atoms with van der Waals surface area (Å²) in [4.78, 5) is 11.3. The smallest absolute Gasteiger partial charge is 0.223 e. The topological polar surface area (TPSA) is 38.3 Å². The molecule has 11 heavy (non-hydrogen) atoms. The maximum absolute atomic E-state index is 11.3. The number of amides is 1. The first-order valence-electron chi connectivity index (χ1n) is 4.15. The van der Waals surface area contributed by atoms with Gasteiger partial charge in [0.25, 0.3) is 0 Å². The largest absolute Gasteiger partial charge is 0.377 e. The highest BCUT2D eigenvalue weighted by Gasteiger charge is 2.40. The van der Waals surface area contributed by atoms with E-state index in [4.69, 9.17) is 4.74 Å². The number of ether oxygens (including phenoxy) is 1. The van der Waals surface area contributed by atoms with E-state index in [1.165, 1.54) is 0 Å². The van der Waals surface area contributed by atoms with Crippen LogP contribution in [0.3, 0.4) is 0 Å². The highest BCUT2D eigenvalue weighted by molar-refractivity contribution is 5.81. The quantitative estimate of drug-likeness (QED) is 0.616. The van der Waals surface area contributed by atoms with Crippen molar-refractivity contribution in [2.75, 3.05) is 13.2 Å². The van der Waals surface area contributed by atoms with Crippen molar-refractivity contribution >= 4 is 5.91 Å². The van der Waals surface area contributed by atoms with E-state index < -0.39 is 0 Å². The molecule has 2 fully saturated rings. The van der Waals surface area contributed by atoms with E-state index in [-0.39, 0.29) is 5.91 Å². The zero-order valence-electron chi connectivity index (χ0n) is 6.67. The van der Waals surface area contributed by atoms with Crippen molar-refractivity contribution in [2.45, 2.75) is 19.4 Å². The standard InChI is InChI=1S/C8H13NO2/c1-5-2-7(5)8(10)9-6-3-11-4-6/h5-7H,2-4H2,1H3,(H,9,10). The summed E-state index contributed by atoms with van der Waals surface area (Å²) in [5, 5.41) is 2.94. The van der Waals surface area contributed by atoms with E-state index in [0.717, 1.165) is 6.42 Å². The van der Waals surface area contributed by atoms with E-state index in [1.807, 2.05) is 0 Å². The lowest BCUT2D eigenvalue weighted by molar-refractivity contribution is -0.126. The third-order valence-corrected chi connectivity index (χ3v) is 2.43. The predicted molar refractivity (Wildman–Crippen MR) is 40.0 cm³/mol. The zero-order chi connectivity index (χ0) is 7.84. The summed E-state index contributed by atoms with van der Waals surface area (Å²) in [6.45, 7) is 3.52. The van der Waals surface area contributed by atoms with E-state index in [9.17, 15) is 4.79 Å². The van der Waals surface area contributed by atoms with Crippen LogP contribution < -0.4 is 5.32 Å². The first-order valence-corrected chi connectivity index (χ1v) is 4.15. The third kappa shape index (κ3) is 1.38. The molecule has 1 N–H and O–H groups in total. The summed E-state index contributed by atoms with van der Waals surface area (Å²) in [5.74, 6) is 1.14. The summed E-state index contributed by atoms with van der Waals surface area (Å²) in [5.41, 5.74) is 0. The van der Waals surface area contributed by atoms with Crippen LogP contribution in [0.4, 0.5) is 0 Å². The molecule has 2 unspecified atom stereocenters. The van der Waals surface area contributed by atoms with Gasteiger partial charge in [-0.3, -0.25) is 4.79 Å². The number of hydrogen-bond acceptors (Lipinski definition) is 2. The molecular formula is C8H13NO2. The van der Waals surface area contributed by atoms with E-state index in [1.54, 1.807) is 0 Å². The fourth-order valence-corrected chi connectivity index (χ4v) is 1.31. The van der Waals surface area contributed by atoms with Gasteiger partial charge in [0, 0.05) is 5.92 Å². The van der Waals surface area contributed by atoms with E-state index in [0.29, 0.717) is 31.1 Å². The summed E-state index contributed by atoms with van der Waals surface area (Å²) in [6, 6.07) is 0.301. The maximum Gasteiger partial charge on any atom is 0.223 e. The molecule has 1 aliphatic heterocycles. The zero-order valence-corrected chi connectivity index (χ0v) is 6.67. The molecule has 2 aliphatic rings. The minimum Gasteiger partial charge on any atom is -0.377 e. The Bertz CT molecular complexity index is 177. The predicted octanol–water partition coefficient (Wildman–Crippen LogP) is 0.157. The molecule has 0 spiro atoms. The second-order valence-corrected chi connectivity index (χ2v) is 3.56. The van der Waals surface area contributed by atoms with Crippen molar-refractivity contribution in [1.82, 2.24) is 5.32 Å². The molecule has 1 saturated carbocycles. The van der Waals surface area contributed by atoms with Crippen LogP contribution in [0.1, 0.15) is 13.3 Å². The van der Waals surface area contributed by atoms with E-state index in [2.05, 4.69) is 12.2 Å². The van der Waals surface area contributed by atoms with Crippen molar-refractivity contribution in [3.05, 3.63) is 0 Å². The van der Waals surface area contributed by atoms with Gasteiger partial charge in [0.15, 0.2) is 0 Å². The van der Waals surface area contributed by atoms with Crippen LogP contribution in [0.15, 0.2) is 0 Å². The van der Waals surface area contributed by atoms with Gasteiger partial charge < -0.3 is 10.1 Å². The van der Waals surface area contributed by atoms with Crippen LogP contribution in [0, 0.1) is 11.8 Å². The minimum atomic E-state index is 0.228. The molecule has 1 heterocycles. The van der Waals surface area contributed by atoms with Gasteiger partial charge in [-0.05, 0) is 12.3 Å². The molecule has 1 saturated heterocycles. The third-order valence-electron chi connectivity index (χ3n) is 2.43. The average molecular weight is 155 g/mol. The Kier molecular flexibility index (Phi) is 1.60. The highest BCUT2D eigenvalue weighted by Crippen LogP contribution is 2.37. The lowest BCUT2D eigenvalue weighted by Gasteiger charge is -2.26. The molecule has 0 aromatic carbocycles. The Morgan fingerprint density at radius 3 is 2.55 bits per heavy atom. The average Bonchev–Trinajstić information content (AvgIpc) is 2.57. The first-order chi connectivity index (χ1) is 5.27. The molecule has 0 aromatic heterocycles. The molecule has 3 heteroatoms. The summed E-state index contributed by atoms with van der Waals surface area (Å²) >= 11 is 0. The Morgan fingerprint density at radius 2 is 2.18 bits per heavy atom. The SMILES string of the molecule is CC1CC1C(=O)NC1COC1. The van der Waals surface area contributed by atoms with Crippen molar-refractivity contribution in [3.8, 4) is 0 Å². The first kappa shape index (κ1) is 7.10. The molecule has 2 atom stereocenters. The van der Waals surface area contributed by atoms with E-state index >= 15 is 0 Å². The van der Waals surface area contributed by atoms with Gasteiger partial charge in [0.05, 0.1) is 19.3 Å². The second kappa shape index (κ2) is 2.48. The summed E-state index contributed by atoms with van der Waals surface area (Å²) < 4.78 is 4.95. The van der Waals surface area contributed by atoms with Crippen LogP contribution in [-0.4, -0.2) is 25.2 Å². The molecule has 3 nitrogen and oxygen atoms in total. The normalized spacial score (nSPS) is 36.1. The monoisotopic (exact) mass is 155 g/mol. The van der Waals surface area contributed by atoms with Gasteiger partial charge in [-0.1, -0.05) is 6.92 Å². The van der Waals surface area contributed by atoms with Crippen LogP contribution in [0.5, 0.6) is 0 Å². The van der Waals surface area contributed by atoms with Crippen LogP contribution in [0.25, 0.3) is 0 Å². The van der Waals surface area contributed by atoms with Crippen LogP contribution in [-0.2, 0) is 9.53 Å². The molecule has 1 amide bonds. The van der Waals surface area contributed by atoms with Gasteiger partial charge in [-0.25, -0.2) is 0 Å². The van der Waals surface area contributed by atoms with Crippen molar-refractivity contribution < 1.29 is 9.53 Å². The Labute approximate surface area is 66.1 Å². The fourth-order valence-electron chi connectivity index (χ4n) is 1.31. The van der Waals surface area contributed by atoms with Gasteiger partial charge in [-0.15, -0.1) is 0 Å². The Hall–Kier alpha value is -0.570. The Morgan fingerprint density at radius 1 is 1.55 bits per heavy atom. The maximum atomic E-state index is 11.3. The number of rotatable bonds is 2. The Balaban J connectivity index is 1.73. The van der Waals surface area contributed by atoms with Crippen LogP contribution in [0.2, 0.25) is 0 Å². The van der Waals surface area contributed by atoms with Gasteiger partial charge in [0.1, 0.15) is 0 Å². The van der Waals surface area contributed by atoms with Gasteiger partial charge >= 0.3 is 0 Å². The van der Waals surface area contributed by atoms with Gasteiger partial charge in [-0.2, -0.15) is 0 Å². The fraction of sp³-hybridized carbons (Fsp3) is 0.875. The molecule has 0 bridgehead atoms. The second-order valence-electron chi connectivity index (χ2n) is 3.56. The van der Waals surface area contributed by atoms with Crippen molar-refractivity contribution in [3.63, 3.8) is 0 Å². The van der Waals surface area contributed by atoms with Gasteiger partial charge in [0.2, 0.25) is 5.91 Å². The lowest BCUT2D eigenvalue weighted by Crippen LogP contribution is -2.49. The molecule has 62 valence electrons. The van der Waals surface area contributed by atoms with Crippen molar-refractivity contribution in [2.24, 2.45) is 11.8 Å². The van der Waals surface area contributed by atoms with Crippen LogP contribution >= 0.6 is 0 Å². The molecule has 2 rings (SSSR count). The minimum absolute atomic E-state index is 0.228. The molecule has 0 aromatic rings. The molecule has 1 aliphatic carbocycles. The summed E-state index contributed by atoms with van der Waals surface area (Å²) in [7, 11) is 0. The highest BCUT2D eigenvalue weighted by atomic mass is 16.5. The summed E-state index contributed by atoms with van der Waals surface area (Å²) in [6.07, 6.45) is 1.07. The number of nitrogens with one attached hydrogen (secondary N) is 1.